The first kappa shape index (κ1) is 104. The number of hydrogen-bond donors (Lipinski definition) is 21. The number of aliphatic hydroxyl groups is 7. The number of carbonyl (C=O) groups excluding carboxylic acids is 3. The summed E-state index contributed by atoms with van der Waals surface area (Å²) in [5.41, 5.74) is 0.601. The first-order chi connectivity index (χ1) is 57.4. The van der Waals surface area contributed by atoms with E-state index in [1.165, 1.54) is 24.3 Å². The highest BCUT2D eigenvalue weighted by Crippen LogP contribution is 2.41. The van der Waals surface area contributed by atoms with Crippen LogP contribution >= 0.6 is 0 Å². The molecule has 7 aliphatic heterocycles. The zero-order valence-electron chi connectivity index (χ0n) is 62.8. The zero-order valence-corrected chi connectivity index (χ0v) is 68.5. The summed E-state index contributed by atoms with van der Waals surface area (Å²) in [6, 6.07) is -2.29. The van der Waals surface area contributed by atoms with Gasteiger partial charge in [0.05, 0.1) is 25.9 Å². The summed E-state index contributed by atoms with van der Waals surface area (Å²) in [4.78, 5) is 90.6. The molecule has 1 aromatic carbocycles. The van der Waals surface area contributed by atoms with E-state index in [0.717, 1.165) is 0 Å². The second-order valence-corrected chi connectivity index (χ2v) is 34.8. The first-order valence-corrected chi connectivity index (χ1v) is 44.1. The third-order valence-electron chi connectivity index (χ3n) is 18.2. The molecule has 8 rings (SSSR count). The molecule has 63 nitrogen and oxygen atoms in total. The van der Waals surface area contributed by atoms with Gasteiger partial charge in [-0.1, -0.05) is 17.7 Å². The molecule has 7 aliphatic rings. The topological polar surface area (TPSA) is 953 Å². The number of ether oxygens (including phenoxy) is 14. The van der Waals surface area contributed by atoms with Gasteiger partial charge in [-0.15, -0.1) is 0 Å². The molecule has 1 aromatic rings. The highest BCUT2D eigenvalue weighted by Gasteiger charge is 2.63. The lowest BCUT2D eigenvalue weighted by Gasteiger charge is -2.51. The van der Waals surface area contributed by atoms with Crippen molar-refractivity contribution in [2.75, 3.05) is 19.8 Å². The van der Waals surface area contributed by atoms with Crippen LogP contribution in [0.25, 0.3) is 0 Å². The SMILES string of the molecule is CC(=O)NC1[C@H](O[C@@H]2C(C(=O)O)O[C@@H](Oc3ccc(C)cc3)C(OS(=O)(=O)O)[C@H]2O)OC(COS(=O)(=O)O)[C@@H](O[C@@H]2OC(C(=O)O)[C@@H](O[C@@H]3OC(COS(=O)(=O)O)[C@@H](O[C@@H]4OC(C(=O)O)[C@@H](O[C@@H]5OC(COS(=O)(=O)O)[C@@H](O[C@@H]6OC(C(=O)O)C[C@H](O)C6OS(=O)(=O)O)[C@H](O)C5NC(C)=O)[C@H](O)C4OS(=O)(=O)O)[C@H](O)C3NC(C)=O)[C@H](O)C2OS(=O)(=O)O)[C@@H]1O. The molecule has 70 heteroatoms. The number of carboxylic acid groups (broad SMARTS) is 4. The minimum atomic E-state index is -6.23. The van der Waals surface area contributed by atoms with Crippen LogP contribution in [0.3, 0.4) is 0 Å². The summed E-state index contributed by atoms with van der Waals surface area (Å²) >= 11 is 0. The molecule has 125 heavy (non-hydrogen) atoms. The molecule has 7 fully saturated rings. The Labute approximate surface area is 701 Å². The number of hydrogen-bond acceptors (Lipinski definition) is 49. The van der Waals surface area contributed by atoms with Gasteiger partial charge in [0.15, 0.2) is 86.6 Å². The maximum Gasteiger partial charge on any atom is 0.397 e. The second kappa shape index (κ2) is 41.4. The van der Waals surface area contributed by atoms with Crippen molar-refractivity contribution < 1.29 is 276 Å². The van der Waals surface area contributed by atoms with Crippen molar-refractivity contribution in [3.05, 3.63) is 29.8 Å². The van der Waals surface area contributed by atoms with Crippen LogP contribution < -0.4 is 20.7 Å². The summed E-state index contributed by atoms with van der Waals surface area (Å²) in [5, 5.41) is 131. The fourth-order valence-electron chi connectivity index (χ4n) is 13.2. The predicted molar refractivity (Wildman–Crippen MR) is 370 cm³/mol. The maximum absolute atomic E-state index is 13.5. The standard InChI is InChI=1S/C55H79N3O60S7/c1-13-5-7-17(8-6-13)101-53-39(116-123(89,90)91)29(66)36(42(112-53)46(71)72)109-50-24(57-15(3)60)27(64)34(21(104-50)11-99-120(80,81)82)107-55-41(118-125(95,96)97)31(68)38(44(114-55)48(75)76)111-51-25(58-16(4)61)28(65)35(22(105-51)12-100-121(83,84)85)108-54-40(117-124(92,93)94)30(67)37(43(113-54)47(73)74)110-49-23(56-14(2)59)26(63)33(20(103-49)10-98-119(77,78)79)106-52-32(115-122(86,87)88)18(62)9-19(102-52)45(69)70/h5-8,18-44,49-55,62-68H,9-12H2,1-4H3,(H,56,59)(H,57,60)(H,58,61)(H,69,70)(H,71,72)(H,73,74)(H,75,76)(H,77,78,79)(H,80,81,82)(H,83,84,85)(H,86,87,88)(H,89,90,91)(H,92,93,94)(H,95,96,97)/t18-,19?,20?,21?,22?,23?,24?,25?,26+,27+,28+,29-,30-,31-,32?,33+,34+,35+,36-,37-,38-,39?,40?,41?,42?,43?,44?,49-,50-,51-,52-,53+,54+,55+/m0/s1. The molecule has 716 valence electrons. The predicted octanol–water partition coefficient (Wildman–Crippen LogP) is -13.3. The van der Waals surface area contributed by atoms with Gasteiger partial charge in [-0.2, -0.15) is 58.9 Å². The maximum atomic E-state index is 13.5. The fraction of sp³-hybridized carbons (Fsp3) is 0.764. The summed E-state index contributed by atoms with van der Waals surface area (Å²) in [5.74, 6) is -13.2. The molecular formula is C55H79N3O60S7. The lowest BCUT2D eigenvalue weighted by molar-refractivity contribution is -0.377. The lowest BCUT2D eigenvalue weighted by atomic mass is 9.93. The molecule has 0 aliphatic carbocycles. The van der Waals surface area contributed by atoms with E-state index in [0.29, 0.717) is 26.3 Å². The average Bonchev–Trinajstić information content (AvgIpc) is 0.766. The Morgan fingerprint density at radius 3 is 0.864 bits per heavy atom. The number of aliphatic carboxylic acids is 4. The van der Waals surface area contributed by atoms with Crippen molar-refractivity contribution in [2.45, 2.75) is 243 Å². The first-order valence-electron chi connectivity index (χ1n) is 34.6. The number of benzene rings is 1. The smallest absolute Gasteiger partial charge is 0.397 e. The number of aliphatic hydroxyl groups excluding tert-OH is 7. The van der Waals surface area contributed by atoms with Crippen molar-refractivity contribution in [2.24, 2.45) is 0 Å². The van der Waals surface area contributed by atoms with Crippen molar-refractivity contribution in [3.8, 4) is 5.75 Å². The van der Waals surface area contributed by atoms with Crippen LogP contribution in [0.4, 0.5) is 0 Å². The van der Waals surface area contributed by atoms with Gasteiger partial charge in [-0.05, 0) is 19.1 Å². The average molecular weight is 1970 g/mol. The van der Waals surface area contributed by atoms with E-state index in [9.17, 15) is 181 Å². The monoisotopic (exact) mass is 1970 g/mol. The van der Waals surface area contributed by atoms with Gasteiger partial charge in [0.1, 0.15) is 115 Å². The molecule has 0 aromatic heterocycles. The Morgan fingerprint density at radius 1 is 0.336 bits per heavy atom. The Balaban J connectivity index is 1.12. The Bertz CT molecular complexity index is 4840. The van der Waals surface area contributed by atoms with Crippen LogP contribution in [0.5, 0.6) is 5.75 Å². The van der Waals surface area contributed by atoms with Crippen LogP contribution in [0.1, 0.15) is 32.8 Å². The molecule has 0 radical (unpaired) electrons. The molecule has 3 amide bonds. The number of nitrogens with one attached hydrogen (secondary N) is 3. The number of amides is 3. The molecular weight excluding hydrogens is 1890 g/mol. The second-order valence-electron chi connectivity index (χ2n) is 27.3. The van der Waals surface area contributed by atoms with Crippen LogP contribution in [0, 0.1) is 6.92 Å². The van der Waals surface area contributed by atoms with E-state index in [1.54, 1.807) is 6.92 Å². The van der Waals surface area contributed by atoms with Crippen molar-refractivity contribution in [1.29, 1.82) is 0 Å². The van der Waals surface area contributed by atoms with Gasteiger partial charge in [0.2, 0.25) is 24.0 Å². The summed E-state index contributed by atoms with van der Waals surface area (Å²) < 4.78 is 350. The van der Waals surface area contributed by atoms with Gasteiger partial charge in [-0.25, -0.2) is 48.5 Å². The number of aryl methyl sites for hydroxylation is 1. The van der Waals surface area contributed by atoms with E-state index in [-0.39, 0.29) is 5.75 Å². The Hall–Kier alpha value is -6.40. The van der Waals surface area contributed by atoms with E-state index >= 15 is 0 Å². The molecule has 7 heterocycles. The van der Waals surface area contributed by atoms with Gasteiger partial charge >= 0.3 is 96.7 Å². The van der Waals surface area contributed by atoms with E-state index < -0.39 is 349 Å². The van der Waals surface area contributed by atoms with Gasteiger partial charge < -0.3 is 138 Å². The van der Waals surface area contributed by atoms with E-state index in [1.807, 2.05) is 16.0 Å². The van der Waals surface area contributed by atoms with E-state index in [4.69, 9.17) is 66.3 Å². The molecule has 7 saturated heterocycles. The third kappa shape index (κ3) is 28.8. The minimum absolute atomic E-state index is 0.230. The summed E-state index contributed by atoms with van der Waals surface area (Å²) in [7, 11) is -41.3. The number of carbonyl (C=O) groups is 7. The molecule has 21 N–H and O–H groups in total. The van der Waals surface area contributed by atoms with Crippen LogP contribution in [0.15, 0.2) is 24.3 Å². The minimum Gasteiger partial charge on any atom is -0.479 e. The van der Waals surface area contributed by atoms with Gasteiger partial charge in [0.25, 0.3) is 0 Å². The van der Waals surface area contributed by atoms with Gasteiger partial charge in [-0.3, -0.25) is 46.3 Å². The molecule has 0 spiro atoms. The van der Waals surface area contributed by atoms with Gasteiger partial charge in [0, 0.05) is 27.2 Å². The van der Waals surface area contributed by atoms with Crippen LogP contribution in [-0.2, 0) is 197 Å². The molecule has 0 saturated carbocycles. The fourth-order valence-corrected chi connectivity index (χ4v) is 16.1. The highest BCUT2D eigenvalue weighted by atomic mass is 32.3. The number of rotatable bonds is 38. The quantitative estimate of drug-likeness (QED) is 0.0273. The highest BCUT2D eigenvalue weighted by molar-refractivity contribution is 7.82. The van der Waals surface area contributed by atoms with Crippen molar-refractivity contribution in [1.82, 2.24) is 16.0 Å². The Kier molecular flexibility index (Phi) is 34.4. The molecule has 0 bridgehead atoms. The van der Waals surface area contributed by atoms with E-state index in [2.05, 4.69) is 29.3 Å². The molecule has 14 unspecified atom stereocenters. The summed E-state index contributed by atoms with van der Waals surface area (Å²) in [6.45, 7) is -1.84. The Morgan fingerprint density at radius 2 is 0.600 bits per heavy atom. The van der Waals surface area contributed by atoms with Crippen molar-refractivity contribution in [3.63, 3.8) is 0 Å². The zero-order chi connectivity index (χ0) is 94.0. The largest absolute Gasteiger partial charge is 0.479 e. The van der Waals surface area contributed by atoms with Crippen molar-refractivity contribution >= 4 is 114 Å². The third-order valence-corrected chi connectivity index (χ3v) is 21.4. The lowest BCUT2D eigenvalue weighted by Crippen LogP contribution is -2.71. The number of carboxylic acids is 4. The normalized spacial score (nSPS) is 37.8. The summed E-state index contributed by atoms with van der Waals surface area (Å²) in [6.07, 6.45) is -88.3. The molecule has 34 atom stereocenters. The van der Waals surface area contributed by atoms with Crippen LogP contribution in [-0.4, -0.2) is 417 Å². The van der Waals surface area contributed by atoms with Crippen LogP contribution in [0.2, 0.25) is 0 Å².